The molecule has 28 heavy (non-hydrogen) atoms. The molecule has 1 aromatic carbocycles. The van der Waals surface area contributed by atoms with Gasteiger partial charge >= 0.3 is 0 Å². The second-order valence-electron chi connectivity index (χ2n) is 7.39. The number of likely N-dealkylation sites (tertiary alicyclic amines) is 1. The van der Waals surface area contributed by atoms with Crippen LogP contribution in [0.25, 0.3) is 6.08 Å². The topological polar surface area (TPSA) is 62.6 Å². The first-order valence-electron chi connectivity index (χ1n) is 9.97. The van der Waals surface area contributed by atoms with Crippen LogP contribution in [0.4, 0.5) is 0 Å². The van der Waals surface area contributed by atoms with Gasteiger partial charge in [-0.3, -0.25) is 9.59 Å². The van der Waals surface area contributed by atoms with Gasteiger partial charge in [-0.1, -0.05) is 25.3 Å². The Bertz CT molecular complexity index is 845. The summed E-state index contributed by atoms with van der Waals surface area (Å²) < 4.78 is 5.37. The van der Waals surface area contributed by atoms with Crippen LogP contribution in [0, 0.1) is 13.8 Å². The molecule has 1 saturated heterocycles. The Morgan fingerprint density at radius 3 is 2.36 bits per heavy atom. The summed E-state index contributed by atoms with van der Waals surface area (Å²) >= 11 is 0. The molecule has 148 valence electrons. The zero-order chi connectivity index (χ0) is 19.9. The fourth-order valence-corrected chi connectivity index (χ4v) is 3.36. The first-order valence-corrected chi connectivity index (χ1v) is 9.97. The van der Waals surface area contributed by atoms with E-state index in [1.54, 1.807) is 30.5 Å². The molecule has 0 unspecified atom stereocenters. The van der Waals surface area contributed by atoms with Crippen LogP contribution in [0.2, 0.25) is 0 Å². The average molecular weight is 380 g/mol. The summed E-state index contributed by atoms with van der Waals surface area (Å²) in [5.74, 6) is 0.0903. The van der Waals surface area contributed by atoms with E-state index in [-0.39, 0.29) is 17.5 Å². The van der Waals surface area contributed by atoms with Crippen molar-refractivity contribution >= 4 is 17.9 Å². The number of furan rings is 1. The van der Waals surface area contributed by atoms with Crippen LogP contribution in [0.15, 0.2) is 46.7 Å². The van der Waals surface area contributed by atoms with E-state index in [9.17, 15) is 9.59 Å². The fourth-order valence-electron chi connectivity index (χ4n) is 3.36. The fraction of sp³-hybridized carbons (Fsp3) is 0.391. The van der Waals surface area contributed by atoms with Gasteiger partial charge in [0, 0.05) is 24.7 Å². The minimum absolute atomic E-state index is 0.157. The standard InChI is InChI=1S/C23H28N2O3/c1-17-10-11-19(15-18(17)2)22(26)24-21(16-20-9-8-14-28-20)23(27)25-12-6-4-3-5-7-13-25/h8-11,14-16H,3-7,12-13H2,1-2H3,(H,24,26). The summed E-state index contributed by atoms with van der Waals surface area (Å²) in [6.07, 6.45) is 8.64. The van der Waals surface area contributed by atoms with Crippen LogP contribution >= 0.6 is 0 Å². The third kappa shape index (κ3) is 5.12. The van der Waals surface area contributed by atoms with Gasteiger partial charge in [0.2, 0.25) is 0 Å². The van der Waals surface area contributed by atoms with Crippen molar-refractivity contribution in [3.8, 4) is 0 Å². The van der Waals surface area contributed by atoms with Gasteiger partial charge in [-0.25, -0.2) is 0 Å². The Labute approximate surface area is 166 Å². The summed E-state index contributed by atoms with van der Waals surface area (Å²) in [6, 6.07) is 9.07. The molecule has 0 radical (unpaired) electrons. The largest absolute Gasteiger partial charge is 0.465 e. The van der Waals surface area contributed by atoms with Crippen LogP contribution in [0.5, 0.6) is 0 Å². The maximum Gasteiger partial charge on any atom is 0.270 e. The molecule has 0 atom stereocenters. The van der Waals surface area contributed by atoms with Crippen molar-refractivity contribution in [2.24, 2.45) is 0 Å². The molecule has 1 aliphatic rings. The summed E-state index contributed by atoms with van der Waals surface area (Å²) in [5.41, 5.74) is 2.95. The van der Waals surface area contributed by atoms with Crippen molar-refractivity contribution in [1.82, 2.24) is 10.2 Å². The molecule has 2 amide bonds. The molecular formula is C23H28N2O3. The summed E-state index contributed by atoms with van der Waals surface area (Å²) in [7, 11) is 0. The smallest absolute Gasteiger partial charge is 0.270 e. The van der Waals surface area contributed by atoms with Crippen LogP contribution < -0.4 is 5.32 Å². The minimum Gasteiger partial charge on any atom is -0.465 e. The van der Waals surface area contributed by atoms with Crippen molar-refractivity contribution in [2.75, 3.05) is 13.1 Å². The number of carbonyl (C=O) groups is 2. The van der Waals surface area contributed by atoms with E-state index in [1.165, 1.54) is 6.42 Å². The molecule has 1 aliphatic heterocycles. The summed E-state index contributed by atoms with van der Waals surface area (Å²) in [4.78, 5) is 27.8. The SMILES string of the molecule is Cc1ccc(C(=O)NC(=Cc2ccco2)C(=O)N2CCCCCCC2)cc1C. The van der Waals surface area contributed by atoms with Crippen LogP contribution in [0.3, 0.4) is 0 Å². The molecule has 1 N–H and O–H groups in total. The molecule has 2 heterocycles. The van der Waals surface area contributed by atoms with Gasteiger partial charge < -0.3 is 14.6 Å². The van der Waals surface area contributed by atoms with Gasteiger partial charge in [-0.2, -0.15) is 0 Å². The molecule has 3 rings (SSSR count). The Balaban J connectivity index is 1.83. The molecule has 0 aliphatic carbocycles. The van der Waals surface area contributed by atoms with Crippen molar-refractivity contribution in [3.63, 3.8) is 0 Å². The lowest BCUT2D eigenvalue weighted by molar-refractivity contribution is -0.127. The maximum absolute atomic E-state index is 13.2. The molecule has 1 fully saturated rings. The van der Waals surface area contributed by atoms with E-state index in [0.717, 1.165) is 36.8 Å². The highest BCUT2D eigenvalue weighted by Gasteiger charge is 2.22. The first kappa shape index (κ1) is 19.9. The van der Waals surface area contributed by atoms with Gasteiger partial charge in [0.1, 0.15) is 11.5 Å². The van der Waals surface area contributed by atoms with Crippen LogP contribution in [0.1, 0.15) is 59.3 Å². The van der Waals surface area contributed by atoms with Crippen molar-refractivity contribution in [2.45, 2.75) is 46.0 Å². The Morgan fingerprint density at radius 2 is 1.71 bits per heavy atom. The average Bonchev–Trinajstić information content (AvgIpc) is 3.16. The number of amides is 2. The van der Waals surface area contributed by atoms with Crippen molar-refractivity contribution in [1.29, 1.82) is 0 Å². The second-order valence-corrected chi connectivity index (χ2v) is 7.39. The molecule has 1 aromatic heterocycles. The van der Waals surface area contributed by atoms with Gasteiger partial charge in [-0.05, 0) is 62.1 Å². The Kier molecular flexibility index (Phi) is 6.69. The number of benzene rings is 1. The Hall–Kier alpha value is -2.82. The van der Waals surface area contributed by atoms with Crippen molar-refractivity contribution in [3.05, 3.63) is 64.7 Å². The normalized spacial score (nSPS) is 15.6. The van der Waals surface area contributed by atoms with E-state index in [1.807, 2.05) is 30.9 Å². The predicted octanol–water partition coefficient (Wildman–Crippen LogP) is 4.46. The van der Waals surface area contributed by atoms with E-state index in [0.29, 0.717) is 24.4 Å². The summed E-state index contributed by atoms with van der Waals surface area (Å²) in [6.45, 7) is 5.41. The third-order valence-electron chi connectivity index (χ3n) is 5.22. The van der Waals surface area contributed by atoms with E-state index >= 15 is 0 Å². The first-order chi connectivity index (χ1) is 13.5. The lowest BCUT2D eigenvalue weighted by Gasteiger charge is -2.26. The van der Waals surface area contributed by atoms with Gasteiger partial charge in [0.15, 0.2) is 0 Å². The zero-order valence-electron chi connectivity index (χ0n) is 16.7. The minimum atomic E-state index is -0.290. The van der Waals surface area contributed by atoms with Crippen molar-refractivity contribution < 1.29 is 14.0 Å². The Morgan fingerprint density at radius 1 is 1.00 bits per heavy atom. The summed E-state index contributed by atoms with van der Waals surface area (Å²) in [5, 5.41) is 2.82. The molecule has 5 nitrogen and oxygen atoms in total. The number of aryl methyl sites for hydroxylation is 2. The number of hydrogen-bond acceptors (Lipinski definition) is 3. The quantitative estimate of drug-likeness (QED) is 0.797. The molecule has 0 bridgehead atoms. The van der Waals surface area contributed by atoms with Gasteiger partial charge in [0.25, 0.3) is 11.8 Å². The van der Waals surface area contributed by atoms with Crippen LogP contribution in [-0.4, -0.2) is 29.8 Å². The van der Waals surface area contributed by atoms with Gasteiger partial charge in [0.05, 0.1) is 6.26 Å². The molecule has 0 saturated carbocycles. The number of nitrogens with one attached hydrogen (secondary N) is 1. The highest BCUT2D eigenvalue weighted by Crippen LogP contribution is 2.16. The molecular weight excluding hydrogens is 352 g/mol. The van der Waals surface area contributed by atoms with Gasteiger partial charge in [-0.15, -0.1) is 0 Å². The zero-order valence-corrected chi connectivity index (χ0v) is 16.7. The van der Waals surface area contributed by atoms with Crippen LogP contribution in [-0.2, 0) is 4.79 Å². The lowest BCUT2D eigenvalue weighted by atomic mass is 10.1. The molecule has 5 heteroatoms. The van der Waals surface area contributed by atoms with E-state index in [2.05, 4.69) is 5.32 Å². The number of nitrogens with zero attached hydrogens (tertiary/aromatic N) is 1. The highest BCUT2D eigenvalue weighted by atomic mass is 16.3. The van der Waals surface area contributed by atoms with E-state index < -0.39 is 0 Å². The highest BCUT2D eigenvalue weighted by molar-refractivity contribution is 6.05. The number of carbonyl (C=O) groups excluding carboxylic acids is 2. The second kappa shape index (κ2) is 9.40. The predicted molar refractivity (Wildman–Crippen MR) is 110 cm³/mol. The monoisotopic (exact) mass is 380 g/mol. The number of rotatable bonds is 4. The lowest BCUT2D eigenvalue weighted by Crippen LogP contribution is -2.40. The molecule has 0 spiro atoms. The maximum atomic E-state index is 13.2. The third-order valence-corrected chi connectivity index (χ3v) is 5.22. The van der Waals surface area contributed by atoms with E-state index in [4.69, 9.17) is 4.42 Å². The number of hydrogen-bond donors (Lipinski definition) is 1. The molecule has 2 aromatic rings.